The maximum Gasteiger partial charge on any atom is 0.227 e. The van der Waals surface area contributed by atoms with Gasteiger partial charge in [0.25, 0.3) is 0 Å². The molecule has 0 saturated carbocycles. The quantitative estimate of drug-likeness (QED) is 0.660. The average molecular weight is 369 g/mol. The molecule has 6 nitrogen and oxygen atoms in total. The van der Waals surface area contributed by atoms with Gasteiger partial charge in [0, 0.05) is 24.9 Å². The second-order valence-electron chi connectivity index (χ2n) is 5.97. The van der Waals surface area contributed by atoms with Crippen molar-refractivity contribution >= 4 is 5.91 Å². The van der Waals surface area contributed by atoms with Crippen molar-refractivity contribution in [3.05, 3.63) is 65.8 Å². The number of carbonyl (C=O) groups excluding carboxylic acids is 1. The van der Waals surface area contributed by atoms with E-state index in [9.17, 15) is 9.18 Å². The number of carbonyl (C=O) groups is 1. The van der Waals surface area contributed by atoms with Crippen molar-refractivity contribution in [1.29, 1.82) is 0 Å². The van der Waals surface area contributed by atoms with E-state index in [-0.39, 0.29) is 18.1 Å². The van der Waals surface area contributed by atoms with Crippen LogP contribution in [0.1, 0.15) is 17.9 Å². The third-order valence-corrected chi connectivity index (χ3v) is 4.01. The monoisotopic (exact) mass is 369 g/mol. The fraction of sp³-hybridized carbons (Fsp3) is 0.250. The predicted octanol–water partition coefficient (Wildman–Crippen LogP) is 3.18. The van der Waals surface area contributed by atoms with Gasteiger partial charge in [-0.05, 0) is 36.2 Å². The Morgan fingerprint density at radius 3 is 2.74 bits per heavy atom. The van der Waals surface area contributed by atoms with Gasteiger partial charge in [-0.15, -0.1) is 0 Å². The molecule has 0 aliphatic carbocycles. The summed E-state index contributed by atoms with van der Waals surface area (Å²) in [4.78, 5) is 16.2. The normalized spacial score (nSPS) is 10.6. The van der Waals surface area contributed by atoms with Crippen molar-refractivity contribution in [1.82, 2.24) is 15.5 Å². The molecule has 0 radical (unpaired) electrons. The number of nitrogens with zero attached hydrogens (tertiary/aromatic N) is 2. The molecule has 0 aliphatic rings. The lowest BCUT2D eigenvalue weighted by Gasteiger charge is -2.05. The van der Waals surface area contributed by atoms with E-state index in [0.29, 0.717) is 30.2 Å². The molecular weight excluding hydrogens is 349 g/mol. The molecule has 27 heavy (non-hydrogen) atoms. The number of aryl methyl sites for hydroxylation is 1. The van der Waals surface area contributed by atoms with Gasteiger partial charge in [-0.2, -0.15) is 4.98 Å². The van der Waals surface area contributed by atoms with Gasteiger partial charge in [0.15, 0.2) is 0 Å². The van der Waals surface area contributed by atoms with Crippen LogP contribution >= 0.6 is 0 Å². The lowest BCUT2D eigenvalue weighted by molar-refractivity contribution is -0.121. The van der Waals surface area contributed by atoms with Crippen LogP contribution < -0.4 is 10.1 Å². The summed E-state index contributed by atoms with van der Waals surface area (Å²) in [6.07, 6.45) is 1.31. The second kappa shape index (κ2) is 8.93. The van der Waals surface area contributed by atoms with Gasteiger partial charge in [0.05, 0.1) is 7.11 Å². The number of hydrogen-bond acceptors (Lipinski definition) is 5. The number of hydrogen-bond donors (Lipinski definition) is 1. The minimum atomic E-state index is -0.366. The third kappa shape index (κ3) is 5.37. The molecule has 1 aromatic heterocycles. The van der Waals surface area contributed by atoms with Crippen LogP contribution in [0, 0.1) is 5.82 Å². The molecule has 0 fully saturated rings. The number of benzene rings is 2. The van der Waals surface area contributed by atoms with E-state index < -0.39 is 0 Å². The molecule has 140 valence electrons. The standard InChI is InChI=1S/C20H20FN3O3/c1-26-17-7-5-14(6-8-17)11-12-22-18(25)9-10-19-23-20(24-27-19)15-3-2-4-16(21)13-15/h2-8,13H,9-12H2,1H3,(H,22,25). The van der Waals surface area contributed by atoms with Crippen molar-refractivity contribution in [2.45, 2.75) is 19.3 Å². The molecule has 1 amide bonds. The predicted molar refractivity (Wildman–Crippen MR) is 97.7 cm³/mol. The van der Waals surface area contributed by atoms with Crippen LogP contribution in [0.2, 0.25) is 0 Å². The Hall–Kier alpha value is -3.22. The molecule has 0 aliphatic heterocycles. The Labute approximate surface area is 156 Å². The summed E-state index contributed by atoms with van der Waals surface area (Å²) in [5, 5.41) is 6.69. The SMILES string of the molecule is COc1ccc(CCNC(=O)CCc2nc(-c3cccc(F)c3)no2)cc1. The number of aromatic nitrogens is 2. The molecular formula is C20H20FN3O3. The van der Waals surface area contributed by atoms with Gasteiger partial charge in [0.1, 0.15) is 11.6 Å². The largest absolute Gasteiger partial charge is 0.497 e. The molecule has 0 bridgehead atoms. The Kier molecular flexibility index (Phi) is 6.14. The molecule has 3 rings (SSSR count). The van der Waals surface area contributed by atoms with Crippen molar-refractivity contribution in [3.8, 4) is 17.1 Å². The van der Waals surface area contributed by atoms with Crippen molar-refractivity contribution < 1.29 is 18.4 Å². The zero-order valence-corrected chi connectivity index (χ0v) is 14.9. The highest BCUT2D eigenvalue weighted by Crippen LogP contribution is 2.17. The van der Waals surface area contributed by atoms with Crippen LogP contribution in [0.25, 0.3) is 11.4 Å². The fourth-order valence-corrected chi connectivity index (χ4v) is 2.55. The molecule has 0 unspecified atom stereocenters. The fourth-order valence-electron chi connectivity index (χ4n) is 2.55. The van der Waals surface area contributed by atoms with E-state index in [1.807, 2.05) is 24.3 Å². The smallest absolute Gasteiger partial charge is 0.227 e. The van der Waals surface area contributed by atoms with Crippen LogP contribution in [-0.4, -0.2) is 29.7 Å². The van der Waals surface area contributed by atoms with Crippen molar-refractivity contribution in [3.63, 3.8) is 0 Å². The molecule has 0 saturated heterocycles. The molecule has 1 N–H and O–H groups in total. The maximum absolute atomic E-state index is 13.2. The first-order valence-corrected chi connectivity index (χ1v) is 8.62. The Bertz CT molecular complexity index is 893. The number of nitrogens with one attached hydrogen (secondary N) is 1. The van der Waals surface area contributed by atoms with E-state index in [4.69, 9.17) is 9.26 Å². The van der Waals surface area contributed by atoms with Crippen LogP contribution in [0.5, 0.6) is 5.75 Å². The lowest BCUT2D eigenvalue weighted by Crippen LogP contribution is -2.25. The third-order valence-electron chi connectivity index (χ3n) is 4.01. The highest BCUT2D eigenvalue weighted by molar-refractivity contribution is 5.76. The van der Waals surface area contributed by atoms with Crippen LogP contribution in [0.15, 0.2) is 53.1 Å². The number of rotatable bonds is 8. The van der Waals surface area contributed by atoms with Gasteiger partial charge < -0.3 is 14.6 Å². The average Bonchev–Trinajstić information content (AvgIpc) is 3.16. The molecule has 7 heteroatoms. The molecule has 3 aromatic rings. The highest BCUT2D eigenvalue weighted by Gasteiger charge is 2.11. The molecule has 0 spiro atoms. The Morgan fingerprint density at radius 2 is 2.00 bits per heavy atom. The first-order valence-electron chi connectivity index (χ1n) is 8.62. The van der Waals surface area contributed by atoms with Gasteiger partial charge in [-0.25, -0.2) is 4.39 Å². The van der Waals surface area contributed by atoms with Crippen LogP contribution in [-0.2, 0) is 17.6 Å². The first-order chi connectivity index (χ1) is 13.1. The van der Waals surface area contributed by atoms with Gasteiger partial charge >= 0.3 is 0 Å². The first kappa shape index (κ1) is 18.6. The summed E-state index contributed by atoms with van der Waals surface area (Å²) >= 11 is 0. The van der Waals surface area contributed by atoms with Crippen LogP contribution in [0.4, 0.5) is 4.39 Å². The minimum Gasteiger partial charge on any atom is -0.497 e. The topological polar surface area (TPSA) is 77.2 Å². The van der Waals surface area contributed by atoms with E-state index in [1.165, 1.54) is 12.1 Å². The highest BCUT2D eigenvalue weighted by atomic mass is 19.1. The van der Waals surface area contributed by atoms with E-state index >= 15 is 0 Å². The van der Waals surface area contributed by atoms with Gasteiger partial charge in [-0.1, -0.05) is 29.4 Å². The number of ether oxygens (including phenoxy) is 1. The van der Waals surface area contributed by atoms with Crippen LogP contribution in [0.3, 0.4) is 0 Å². The van der Waals surface area contributed by atoms with E-state index in [1.54, 1.807) is 19.2 Å². The maximum atomic E-state index is 13.2. The van der Waals surface area contributed by atoms with Crippen molar-refractivity contribution in [2.75, 3.05) is 13.7 Å². The molecule has 0 atom stereocenters. The summed E-state index contributed by atoms with van der Waals surface area (Å²) in [6, 6.07) is 13.7. The molecule has 2 aromatic carbocycles. The second-order valence-corrected chi connectivity index (χ2v) is 5.97. The Balaban J connectivity index is 1.42. The summed E-state index contributed by atoms with van der Waals surface area (Å²) < 4.78 is 23.5. The van der Waals surface area contributed by atoms with Crippen molar-refractivity contribution in [2.24, 2.45) is 0 Å². The molecule has 1 heterocycles. The van der Waals surface area contributed by atoms with E-state index in [0.717, 1.165) is 17.7 Å². The van der Waals surface area contributed by atoms with Gasteiger partial charge in [-0.3, -0.25) is 4.79 Å². The number of amides is 1. The number of methoxy groups -OCH3 is 1. The minimum absolute atomic E-state index is 0.0889. The summed E-state index contributed by atoms with van der Waals surface area (Å²) in [6.45, 7) is 0.545. The zero-order chi connectivity index (χ0) is 19.1. The summed E-state index contributed by atoms with van der Waals surface area (Å²) in [7, 11) is 1.62. The van der Waals surface area contributed by atoms with E-state index in [2.05, 4.69) is 15.5 Å². The number of halogens is 1. The Morgan fingerprint density at radius 1 is 1.19 bits per heavy atom. The summed E-state index contributed by atoms with van der Waals surface area (Å²) in [5.41, 5.74) is 1.65. The zero-order valence-electron chi connectivity index (χ0n) is 14.9. The van der Waals surface area contributed by atoms with Gasteiger partial charge in [0.2, 0.25) is 17.6 Å². The summed E-state index contributed by atoms with van der Waals surface area (Å²) in [5.74, 6) is 1.01. The lowest BCUT2D eigenvalue weighted by atomic mass is 10.1.